The van der Waals surface area contributed by atoms with Crippen molar-refractivity contribution in [1.29, 1.82) is 0 Å². The second-order valence-electron chi connectivity index (χ2n) is 11.1. The van der Waals surface area contributed by atoms with Crippen LogP contribution < -0.4 is 4.74 Å². The molecular formula is C32H39F5O2. The van der Waals surface area contributed by atoms with Gasteiger partial charge in [0.2, 0.25) is 0 Å². The summed E-state index contributed by atoms with van der Waals surface area (Å²) in [6.45, 7) is 6.74. The minimum Gasteiger partial charge on any atom is -0.493 e. The van der Waals surface area contributed by atoms with Crippen LogP contribution in [0.5, 0.6) is 5.75 Å². The Labute approximate surface area is 228 Å². The van der Waals surface area contributed by atoms with E-state index in [0.29, 0.717) is 5.92 Å². The maximum Gasteiger partial charge on any atom is 0.422 e. The summed E-state index contributed by atoms with van der Waals surface area (Å²) in [6, 6.07) is 6.74. The molecule has 2 aliphatic carbocycles. The van der Waals surface area contributed by atoms with Crippen LogP contribution in [0.15, 0.2) is 43.0 Å². The van der Waals surface area contributed by atoms with E-state index in [0.717, 1.165) is 82.4 Å². The molecule has 0 heterocycles. The van der Waals surface area contributed by atoms with Gasteiger partial charge in [-0.15, -0.1) is 6.58 Å². The Balaban J connectivity index is 1.46. The van der Waals surface area contributed by atoms with Crippen LogP contribution in [0, 0.1) is 23.5 Å². The van der Waals surface area contributed by atoms with Crippen LogP contribution in [0.4, 0.5) is 22.0 Å². The van der Waals surface area contributed by atoms with Crippen molar-refractivity contribution in [3.63, 3.8) is 0 Å². The molecule has 0 aliphatic heterocycles. The van der Waals surface area contributed by atoms with Crippen LogP contribution in [0.2, 0.25) is 0 Å². The Morgan fingerprint density at radius 3 is 2.23 bits per heavy atom. The Morgan fingerprint density at radius 2 is 1.62 bits per heavy atom. The lowest BCUT2D eigenvalue weighted by molar-refractivity contribution is -0.141. The molecule has 0 saturated heterocycles. The molecule has 0 atom stereocenters. The summed E-state index contributed by atoms with van der Waals surface area (Å²) in [4.78, 5) is 0. The summed E-state index contributed by atoms with van der Waals surface area (Å²) >= 11 is 0. The molecule has 0 aromatic heterocycles. The van der Waals surface area contributed by atoms with Gasteiger partial charge < -0.3 is 9.47 Å². The number of benzene rings is 2. The highest BCUT2D eigenvalue weighted by molar-refractivity contribution is 5.68. The topological polar surface area (TPSA) is 18.5 Å². The van der Waals surface area contributed by atoms with Crippen molar-refractivity contribution < 1.29 is 31.4 Å². The lowest BCUT2D eigenvalue weighted by atomic mass is 9.78. The quantitative estimate of drug-likeness (QED) is 0.167. The molecule has 2 aromatic carbocycles. The van der Waals surface area contributed by atoms with Crippen molar-refractivity contribution in [2.45, 2.75) is 89.3 Å². The summed E-state index contributed by atoms with van der Waals surface area (Å²) in [5.74, 6) is -2.08. The maximum atomic E-state index is 15.4. The van der Waals surface area contributed by atoms with Gasteiger partial charge in [-0.3, -0.25) is 0 Å². The largest absolute Gasteiger partial charge is 0.493 e. The molecule has 0 unspecified atom stereocenters. The predicted octanol–water partition coefficient (Wildman–Crippen LogP) is 9.86. The summed E-state index contributed by atoms with van der Waals surface area (Å²) < 4.78 is 84.0. The molecule has 2 aliphatic rings. The fourth-order valence-electron chi connectivity index (χ4n) is 5.91. The highest BCUT2D eigenvalue weighted by Gasteiger charge is 2.40. The second kappa shape index (κ2) is 13.3. The second-order valence-corrected chi connectivity index (χ2v) is 11.1. The van der Waals surface area contributed by atoms with Gasteiger partial charge in [-0.1, -0.05) is 31.6 Å². The lowest BCUT2D eigenvalue weighted by Crippen LogP contribution is -2.25. The third kappa shape index (κ3) is 7.41. The first-order valence-corrected chi connectivity index (χ1v) is 14.3. The normalized spacial score (nSPS) is 23.9. The van der Waals surface area contributed by atoms with Crippen LogP contribution in [0.1, 0.15) is 88.2 Å². The smallest absolute Gasteiger partial charge is 0.422 e. The SMILES string of the molecule is C=CC1CCC(c2ccc(-c3ccc(OCC4CCC(OCCCC)CC4)c(C(F)(F)F)c3F)c(F)c2)CC1. The van der Waals surface area contributed by atoms with Crippen LogP contribution in [-0.4, -0.2) is 19.3 Å². The van der Waals surface area contributed by atoms with E-state index < -0.39 is 34.7 Å². The molecule has 0 bridgehead atoms. The number of halogens is 5. The van der Waals surface area contributed by atoms with Crippen molar-refractivity contribution in [2.75, 3.05) is 13.2 Å². The molecule has 0 N–H and O–H groups in total. The average molecular weight is 551 g/mol. The van der Waals surface area contributed by atoms with E-state index in [-0.39, 0.29) is 30.1 Å². The summed E-state index contributed by atoms with van der Waals surface area (Å²) in [7, 11) is 0. The van der Waals surface area contributed by atoms with Gasteiger partial charge in [0.15, 0.2) is 0 Å². The number of hydrogen-bond acceptors (Lipinski definition) is 2. The van der Waals surface area contributed by atoms with Crippen LogP contribution in [0.3, 0.4) is 0 Å². The number of ether oxygens (including phenoxy) is 2. The molecule has 7 heteroatoms. The standard InChI is InChI=1S/C32H39F5O2/c1-3-5-18-38-25-13-8-22(9-14-25)20-39-29-17-16-27(31(34)30(29)32(35,36)37)26-15-12-24(19-28(26)33)23-10-6-21(4-2)7-11-23/h4,12,15-17,19,21-23,25H,2-3,5-11,13-14,18,20H2,1H3. The molecule has 0 spiro atoms. The maximum absolute atomic E-state index is 15.4. The van der Waals surface area contributed by atoms with E-state index in [4.69, 9.17) is 9.47 Å². The van der Waals surface area contributed by atoms with E-state index in [1.807, 2.05) is 6.08 Å². The van der Waals surface area contributed by atoms with E-state index in [1.54, 1.807) is 6.07 Å². The number of alkyl halides is 3. The summed E-state index contributed by atoms with van der Waals surface area (Å²) in [6.07, 6.45) is 6.17. The zero-order valence-corrected chi connectivity index (χ0v) is 22.7. The zero-order chi connectivity index (χ0) is 28.0. The average Bonchev–Trinajstić information content (AvgIpc) is 2.92. The zero-order valence-electron chi connectivity index (χ0n) is 22.7. The van der Waals surface area contributed by atoms with Crippen molar-refractivity contribution in [3.8, 4) is 16.9 Å². The first-order valence-electron chi connectivity index (χ1n) is 14.3. The van der Waals surface area contributed by atoms with Gasteiger partial charge in [-0.2, -0.15) is 13.2 Å². The van der Waals surface area contributed by atoms with E-state index in [9.17, 15) is 13.2 Å². The molecular weight excluding hydrogens is 511 g/mol. The fourth-order valence-corrected chi connectivity index (χ4v) is 5.91. The first kappa shape index (κ1) is 29.6. The highest BCUT2D eigenvalue weighted by atomic mass is 19.4. The molecule has 2 fully saturated rings. The van der Waals surface area contributed by atoms with Gasteiger partial charge in [0, 0.05) is 17.7 Å². The minimum absolute atomic E-state index is 0.0701. The molecule has 214 valence electrons. The Kier molecular flexibility index (Phi) is 10.1. The summed E-state index contributed by atoms with van der Waals surface area (Å²) in [5.41, 5.74) is -1.29. The van der Waals surface area contributed by atoms with E-state index >= 15 is 8.78 Å². The molecule has 2 nitrogen and oxygen atoms in total. The van der Waals surface area contributed by atoms with Gasteiger partial charge in [0.05, 0.1) is 12.7 Å². The van der Waals surface area contributed by atoms with Crippen molar-refractivity contribution in [2.24, 2.45) is 11.8 Å². The van der Waals surface area contributed by atoms with Gasteiger partial charge >= 0.3 is 6.18 Å². The van der Waals surface area contributed by atoms with Gasteiger partial charge in [0.25, 0.3) is 0 Å². The number of hydrogen-bond donors (Lipinski definition) is 0. The van der Waals surface area contributed by atoms with Gasteiger partial charge in [-0.25, -0.2) is 8.78 Å². The van der Waals surface area contributed by atoms with Crippen molar-refractivity contribution >= 4 is 0 Å². The molecule has 0 amide bonds. The highest BCUT2D eigenvalue weighted by Crippen LogP contribution is 2.43. The van der Waals surface area contributed by atoms with Crippen LogP contribution in [0.25, 0.3) is 11.1 Å². The molecule has 2 saturated carbocycles. The van der Waals surface area contributed by atoms with Crippen molar-refractivity contribution in [1.82, 2.24) is 0 Å². The Hall–Kier alpha value is -2.41. The monoisotopic (exact) mass is 550 g/mol. The Bertz CT molecular complexity index is 1100. The molecule has 4 rings (SSSR count). The number of rotatable bonds is 10. The molecule has 39 heavy (non-hydrogen) atoms. The van der Waals surface area contributed by atoms with Gasteiger partial charge in [-0.05, 0) is 99.3 Å². The summed E-state index contributed by atoms with van der Waals surface area (Å²) in [5, 5.41) is 0. The van der Waals surface area contributed by atoms with Crippen molar-refractivity contribution in [3.05, 3.63) is 65.7 Å². The van der Waals surface area contributed by atoms with Gasteiger partial charge in [0.1, 0.15) is 22.9 Å². The number of allylic oxidation sites excluding steroid dienone is 1. The molecule has 2 aromatic rings. The fraction of sp³-hybridized carbons (Fsp3) is 0.562. The van der Waals surface area contributed by atoms with Crippen LogP contribution in [-0.2, 0) is 10.9 Å². The number of unbranched alkanes of at least 4 members (excludes halogenated alkanes) is 1. The van der Waals surface area contributed by atoms with E-state index in [2.05, 4.69) is 13.5 Å². The first-order chi connectivity index (χ1) is 18.7. The Morgan fingerprint density at radius 1 is 0.923 bits per heavy atom. The minimum atomic E-state index is -4.99. The molecule has 0 radical (unpaired) electrons. The predicted molar refractivity (Wildman–Crippen MR) is 144 cm³/mol. The lowest BCUT2D eigenvalue weighted by Gasteiger charge is -2.29. The third-order valence-electron chi connectivity index (χ3n) is 8.37. The van der Waals surface area contributed by atoms with Crippen LogP contribution >= 0.6 is 0 Å². The third-order valence-corrected chi connectivity index (χ3v) is 8.37. The van der Waals surface area contributed by atoms with E-state index in [1.165, 1.54) is 18.2 Å².